The predicted octanol–water partition coefficient (Wildman–Crippen LogP) is 1.55. The zero-order chi connectivity index (χ0) is 12.4. The summed E-state index contributed by atoms with van der Waals surface area (Å²) in [7, 11) is 0. The number of nitrogens with zero attached hydrogens (tertiary/aromatic N) is 3. The highest BCUT2D eigenvalue weighted by molar-refractivity contribution is 5.45. The minimum Gasteiger partial charge on any atom is -0.396 e. The third-order valence-corrected chi connectivity index (χ3v) is 3.85. The van der Waals surface area contributed by atoms with Crippen LogP contribution in [0, 0.1) is 11.8 Å². The average Bonchev–Trinajstić information content (AvgIpc) is 3.04. The smallest absolute Gasteiger partial charge is 0.157 e. The van der Waals surface area contributed by atoms with Crippen molar-refractivity contribution in [1.29, 1.82) is 0 Å². The molecule has 0 bridgehead atoms. The van der Waals surface area contributed by atoms with Crippen molar-refractivity contribution in [2.45, 2.75) is 19.3 Å². The second-order valence-corrected chi connectivity index (χ2v) is 4.96. The van der Waals surface area contributed by atoms with Gasteiger partial charge in [-0.2, -0.15) is 5.10 Å². The van der Waals surface area contributed by atoms with E-state index in [1.54, 1.807) is 10.7 Å². The van der Waals surface area contributed by atoms with Gasteiger partial charge in [-0.1, -0.05) is 6.42 Å². The van der Waals surface area contributed by atoms with E-state index in [1.165, 1.54) is 12.8 Å². The molecule has 1 fully saturated rings. The first-order valence-corrected chi connectivity index (χ1v) is 6.52. The lowest BCUT2D eigenvalue weighted by molar-refractivity contribution is 0.199. The fraction of sp³-hybridized carbons (Fsp3) is 0.538. The first-order valence-electron chi connectivity index (χ1n) is 6.52. The summed E-state index contributed by atoms with van der Waals surface area (Å²) >= 11 is 0. The summed E-state index contributed by atoms with van der Waals surface area (Å²) < 4.78 is 1.75. The van der Waals surface area contributed by atoms with Gasteiger partial charge in [0.2, 0.25) is 0 Å². The van der Waals surface area contributed by atoms with Crippen LogP contribution in [-0.2, 0) is 0 Å². The van der Waals surface area contributed by atoms with Gasteiger partial charge in [0.1, 0.15) is 5.82 Å². The lowest BCUT2D eigenvalue weighted by Gasteiger charge is -2.18. The largest absolute Gasteiger partial charge is 0.396 e. The molecular formula is C13H18N4O. The van der Waals surface area contributed by atoms with Crippen molar-refractivity contribution in [3.05, 3.63) is 24.5 Å². The Morgan fingerprint density at radius 2 is 2.22 bits per heavy atom. The zero-order valence-electron chi connectivity index (χ0n) is 10.3. The van der Waals surface area contributed by atoms with Gasteiger partial charge in [-0.25, -0.2) is 9.50 Å². The maximum Gasteiger partial charge on any atom is 0.157 e. The monoisotopic (exact) mass is 246 g/mol. The van der Waals surface area contributed by atoms with E-state index in [-0.39, 0.29) is 0 Å². The van der Waals surface area contributed by atoms with Gasteiger partial charge in [-0.3, -0.25) is 0 Å². The Balaban J connectivity index is 1.65. The van der Waals surface area contributed by atoms with Crippen molar-refractivity contribution in [2.75, 3.05) is 18.5 Å². The summed E-state index contributed by atoms with van der Waals surface area (Å²) in [5.74, 6) is 1.90. The Morgan fingerprint density at radius 1 is 1.33 bits per heavy atom. The van der Waals surface area contributed by atoms with Crippen molar-refractivity contribution in [3.8, 4) is 0 Å². The fourth-order valence-corrected chi connectivity index (χ4v) is 2.77. The van der Waals surface area contributed by atoms with Crippen molar-refractivity contribution < 1.29 is 5.11 Å². The highest BCUT2D eigenvalue weighted by atomic mass is 16.3. The molecule has 96 valence electrons. The number of aliphatic hydroxyl groups is 1. The summed E-state index contributed by atoms with van der Waals surface area (Å²) in [6, 6.07) is 3.82. The topological polar surface area (TPSA) is 62.5 Å². The van der Waals surface area contributed by atoms with Crippen LogP contribution in [0.15, 0.2) is 24.5 Å². The van der Waals surface area contributed by atoms with Crippen LogP contribution in [-0.4, -0.2) is 32.9 Å². The number of nitrogens with one attached hydrogen (secondary N) is 1. The van der Waals surface area contributed by atoms with Crippen molar-refractivity contribution in [3.63, 3.8) is 0 Å². The molecule has 2 atom stereocenters. The Labute approximate surface area is 106 Å². The Bertz CT molecular complexity index is 524. The minimum atomic E-state index is 0.307. The van der Waals surface area contributed by atoms with Gasteiger partial charge >= 0.3 is 0 Å². The molecule has 0 saturated heterocycles. The van der Waals surface area contributed by atoms with Gasteiger partial charge in [0, 0.05) is 25.4 Å². The van der Waals surface area contributed by atoms with Gasteiger partial charge in [-0.05, 0) is 30.7 Å². The molecule has 1 aliphatic rings. The maximum absolute atomic E-state index is 9.29. The summed E-state index contributed by atoms with van der Waals surface area (Å²) in [5, 5.41) is 16.8. The number of hydrogen-bond acceptors (Lipinski definition) is 4. The highest BCUT2D eigenvalue weighted by Crippen LogP contribution is 2.31. The van der Waals surface area contributed by atoms with E-state index < -0.39 is 0 Å². The summed E-state index contributed by atoms with van der Waals surface area (Å²) in [6.07, 6.45) is 7.23. The SMILES string of the molecule is OCC1CCCC1CNc1ccn2nccc2n1. The maximum atomic E-state index is 9.29. The summed E-state index contributed by atoms with van der Waals surface area (Å²) in [6.45, 7) is 1.20. The molecule has 3 rings (SSSR count). The van der Waals surface area contributed by atoms with E-state index in [4.69, 9.17) is 0 Å². The number of rotatable bonds is 4. The molecule has 5 heteroatoms. The summed E-state index contributed by atoms with van der Waals surface area (Å²) in [4.78, 5) is 4.47. The van der Waals surface area contributed by atoms with E-state index in [2.05, 4.69) is 15.4 Å². The molecule has 2 heterocycles. The summed E-state index contributed by atoms with van der Waals surface area (Å²) in [5.41, 5.74) is 0.852. The molecule has 2 N–H and O–H groups in total. The molecule has 2 aromatic rings. The first kappa shape index (κ1) is 11.5. The number of aromatic nitrogens is 3. The molecule has 0 radical (unpaired) electrons. The average molecular weight is 246 g/mol. The van der Waals surface area contributed by atoms with Crippen LogP contribution in [0.5, 0.6) is 0 Å². The minimum absolute atomic E-state index is 0.307. The van der Waals surface area contributed by atoms with Crippen LogP contribution in [0.4, 0.5) is 5.82 Å². The van der Waals surface area contributed by atoms with Gasteiger partial charge in [0.25, 0.3) is 0 Å². The molecule has 0 aromatic carbocycles. The standard InChI is InChI=1S/C13H18N4O/c18-9-11-3-1-2-10(11)8-14-12-5-7-17-13(16-12)4-6-15-17/h4-7,10-11,18H,1-3,8-9H2,(H,14,16). The molecule has 1 aliphatic carbocycles. The van der Waals surface area contributed by atoms with Crippen LogP contribution in [0.2, 0.25) is 0 Å². The normalized spacial score (nSPS) is 23.6. The third kappa shape index (κ3) is 2.18. The van der Waals surface area contributed by atoms with E-state index >= 15 is 0 Å². The number of fused-ring (bicyclic) bond motifs is 1. The fourth-order valence-electron chi connectivity index (χ4n) is 2.77. The first-order chi connectivity index (χ1) is 8.86. The third-order valence-electron chi connectivity index (χ3n) is 3.85. The van der Waals surface area contributed by atoms with Gasteiger partial charge in [-0.15, -0.1) is 0 Å². The van der Waals surface area contributed by atoms with Crippen LogP contribution in [0.3, 0.4) is 0 Å². The molecule has 0 amide bonds. The number of hydrogen-bond donors (Lipinski definition) is 2. The van der Waals surface area contributed by atoms with Crippen LogP contribution in [0.25, 0.3) is 5.65 Å². The quantitative estimate of drug-likeness (QED) is 0.859. The Hall–Kier alpha value is -1.62. The van der Waals surface area contributed by atoms with E-state index in [1.807, 2.05) is 18.3 Å². The Morgan fingerprint density at radius 3 is 3.11 bits per heavy atom. The van der Waals surface area contributed by atoms with E-state index in [9.17, 15) is 5.11 Å². The highest BCUT2D eigenvalue weighted by Gasteiger charge is 2.26. The van der Waals surface area contributed by atoms with Crippen LogP contribution >= 0.6 is 0 Å². The lowest BCUT2D eigenvalue weighted by Crippen LogP contribution is -2.21. The van der Waals surface area contributed by atoms with E-state index in [0.29, 0.717) is 18.4 Å². The zero-order valence-corrected chi connectivity index (χ0v) is 10.3. The lowest BCUT2D eigenvalue weighted by atomic mass is 9.97. The second-order valence-electron chi connectivity index (χ2n) is 4.96. The Kier molecular flexibility index (Phi) is 3.15. The van der Waals surface area contributed by atoms with Crippen molar-refractivity contribution >= 4 is 11.5 Å². The molecule has 18 heavy (non-hydrogen) atoms. The van der Waals surface area contributed by atoms with Gasteiger partial charge < -0.3 is 10.4 Å². The van der Waals surface area contributed by atoms with Crippen molar-refractivity contribution in [2.24, 2.45) is 11.8 Å². The molecule has 1 saturated carbocycles. The van der Waals surface area contributed by atoms with Crippen LogP contribution in [0.1, 0.15) is 19.3 Å². The van der Waals surface area contributed by atoms with Crippen LogP contribution < -0.4 is 5.32 Å². The second kappa shape index (κ2) is 4.94. The molecule has 2 aromatic heterocycles. The van der Waals surface area contributed by atoms with E-state index in [0.717, 1.165) is 24.4 Å². The molecular weight excluding hydrogens is 228 g/mol. The molecule has 5 nitrogen and oxygen atoms in total. The van der Waals surface area contributed by atoms with Gasteiger partial charge in [0.05, 0.1) is 6.20 Å². The molecule has 2 unspecified atom stereocenters. The van der Waals surface area contributed by atoms with Crippen molar-refractivity contribution in [1.82, 2.24) is 14.6 Å². The number of aliphatic hydroxyl groups excluding tert-OH is 1. The predicted molar refractivity (Wildman–Crippen MR) is 69.4 cm³/mol. The van der Waals surface area contributed by atoms with Gasteiger partial charge in [0.15, 0.2) is 5.65 Å². The molecule has 0 aliphatic heterocycles. The number of anilines is 1. The molecule has 0 spiro atoms.